The monoisotopic (exact) mass is 330 g/mol. The Balaban J connectivity index is 2.33. The van der Waals surface area contributed by atoms with Crippen molar-refractivity contribution in [2.24, 2.45) is 0 Å². The molecule has 7 nitrogen and oxygen atoms in total. The van der Waals surface area contributed by atoms with Gasteiger partial charge in [0.1, 0.15) is 11.6 Å². The van der Waals surface area contributed by atoms with Crippen LogP contribution in [-0.2, 0) is 14.3 Å². The third-order valence-electron chi connectivity index (χ3n) is 2.98. The largest absolute Gasteiger partial charge is 0.480 e. The zero-order valence-corrected chi connectivity index (χ0v) is 13.9. The zero-order chi connectivity index (χ0) is 16.9. The van der Waals surface area contributed by atoms with Crippen LogP contribution in [0.2, 0.25) is 0 Å². The Bertz CT molecular complexity index is 472. The summed E-state index contributed by atoms with van der Waals surface area (Å²) in [5.74, 6) is -1.31. The Hall–Kier alpha value is -1.70. The van der Waals surface area contributed by atoms with E-state index in [1.807, 2.05) is 0 Å². The van der Waals surface area contributed by atoms with Crippen molar-refractivity contribution in [3.63, 3.8) is 0 Å². The van der Waals surface area contributed by atoms with Crippen molar-refractivity contribution < 1.29 is 24.2 Å². The molecule has 0 radical (unpaired) electrons. The molecule has 0 unspecified atom stereocenters. The van der Waals surface area contributed by atoms with E-state index in [2.05, 4.69) is 5.32 Å². The van der Waals surface area contributed by atoms with Crippen LogP contribution in [0.25, 0.3) is 0 Å². The number of amides is 2. The predicted octanol–water partition coefficient (Wildman–Crippen LogP) is 1.35. The molecule has 1 heterocycles. The number of rotatable bonds is 5. The number of alkyl carbamates (subject to hydrolysis) is 1. The van der Waals surface area contributed by atoms with Gasteiger partial charge in [-0.2, -0.15) is 0 Å². The summed E-state index contributed by atoms with van der Waals surface area (Å²) in [4.78, 5) is 36.4. The minimum atomic E-state index is -1.04. The third-order valence-corrected chi connectivity index (χ3v) is 3.28. The van der Waals surface area contributed by atoms with E-state index in [4.69, 9.17) is 22.1 Å². The highest BCUT2D eigenvalue weighted by molar-refractivity contribution is 7.80. The van der Waals surface area contributed by atoms with Crippen molar-refractivity contribution in [2.75, 3.05) is 13.1 Å². The molecule has 0 aromatic heterocycles. The lowest BCUT2D eigenvalue weighted by molar-refractivity contribution is -0.148. The summed E-state index contributed by atoms with van der Waals surface area (Å²) in [6, 6.07) is -0.862. The Kier molecular flexibility index (Phi) is 6.28. The van der Waals surface area contributed by atoms with Crippen LogP contribution >= 0.6 is 12.2 Å². The second-order valence-corrected chi connectivity index (χ2v) is 6.73. The topological polar surface area (TPSA) is 95.9 Å². The van der Waals surface area contributed by atoms with Crippen LogP contribution in [0.3, 0.4) is 0 Å². The molecule has 0 aromatic carbocycles. The van der Waals surface area contributed by atoms with Gasteiger partial charge in [0.15, 0.2) is 0 Å². The lowest BCUT2D eigenvalue weighted by Crippen LogP contribution is -2.40. The minimum Gasteiger partial charge on any atom is -0.480 e. The average molecular weight is 330 g/mol. The molecular formula is C14H22N2O5S. The fourth-order valence-electron chi connectivity index (χ4n) is 2.06. The van der Waals surface area contributed by atoms with Gasteiger partial charge >= 0.3 is 12.1 Å². The number of carbonyl (C=O) groups is 3. The van der Waals surface area contributed by atoms with Crippen LogP contribution in [-0.4, -0.2) is 57.6 Å². The van der Waals surface area contributed by atoms with Crippen LogP contribution in [0, 0.1) is 0 Å². The summed E-state index contributed by atoms with van der Waals surface area (Å²) in [6.45, 7) is 5.79. The highest BCUT2D eigenvalue weighted by atomic mass is 32.1. The van der Waals surface area contributed by atoms with Crippen molar-refractivity contribution in [3.8, 4) is 0 Å². The van der Waals surface area contributed by atoms with Crippen molar-refractivity contribution in [2.45, 2.75) is 51.7 Å². The van der Waals surface area contributed by atoms with E-state index in [9.17, 15) is 14.4 Å². The molecule has 0 spiro atoms. The van der Waals surface area contributed by atoms with E-state index in [0.717, 1.165) is 0 Å². The van der Waals surface area contributed by atoms with Gasteiger partial charge in [0.05, 0.1) is 6.54 Å². The lowest BCUT2D eigenvalue weighted by Gasteiger charge is -2.21. The van der Waals surface area contributed by atoms with E-state index in [-0.39, 0.29) is 31.8 Å². The molecule has 0 bridgehead atoms. The summed E-state index contributed by atoms with van der Waals surface area (Å²) in [7, 11) is 0. The second kappa shape index (κ2) is 7.53. The maximum Gasteiger partial charge on any atom is 0.407 e. The summed E-state index contributed by atoms with van der Waals surface area (Å²) in [5.41, 5.74) is -0.570. The molecule has 0 aromatic rings. The van der Waals surface area contributed by atoms with Gasteiger partial charge in [-0.25, -0.2) is 9.59 Å². The highest BCUT2D eigenvalue weighted by Crippen LogP contribution is 2.17. The molecule has 1 rings (SSSR count). The maximum atomic E-state index is 12.0. The summed E-state index contributed by atoms with van der Waals surface area (Å²) < 4.78 is 5.07. The van der Waals surface area contributed by atoms with Gasteiger partial charge in [-0.15, -0.1) is 0 Å². The first-order valence-corrected chi connectivity index (χ1v) is 7.52. The fraction of sp³-hybridized carbons (Fsp3) is 0.714. The van der Waals surface area contributed by atoms with E-state index in [1.54, 1.807) is 20.8 Å². The molecule has 22 heavy (non-hydrogen) atoms. The number of nitrogens with zero attached hydrogens (tertiary/aromatic N) is 1. The maximum absolute atomic E-state index is 12.0. The minimum absolute atomic E-state index is 0.155. The quantitative estimate of drug-likeness (QED) is 0.583. The zero-order valence-electron chi connectivity index (χ0n) is 13.0. The number of carboxylic acids is 1. The first kappa shape index (κ1) is 18.3. The van der Waals surface area contributed by atoms with Gasteiger partial charge in [-0.05, 0) is 27.2 Å². The van der Waals surface area contributed by atoms with Crippen molar-refractivity contribution in [3.05, 3.63) is 0 Å². The number of hydrogen-bond donors (Lipinski definition) is 2. The van der Waals surface area contributed by atoms with Crippen LogP contribution in [0.15, 0.2) is 0 Å². The molecule has 1 fully saturated rings. The Morgan fingerprint density at radius 1 is 1.41 bits per heavy atom. The van der Waals surface area contributed by atoms with Gasteiger partial charge in [0, 0.05) is 24.3 Å². The van der Waals surface area contributed by atoms with E-state index >= 15 is 0 Å². The lowest BCUT2D eigenvalue weighted by atomic mass is 10.2. The van der Waals surface area contributed by atoms with Crippen molar-refractivity contribution >= 4 is 35.1 Å². The first-order chi connectivity index (χ1) is 10.1. The van der Waals surface area contributed by atoms with E-state index < -0.39 is 23.7 Å². The summed E-state index contributed by atoms with van der Waals surface area (Å²) >= 11 is 5.00. The number of likely N-dealkylation sites (tertiary alicyclic amines) is 1. The van der Waals surface area contributed by atoms with Crippen LogP contribution in [0.1, 0.15) is 40.0 Å². The molecule has 1 aliphatic heterocycles. The predicted molar refractivity (Wildman–Crippen MR) is 83.8 cm³/mol. The second-order valence-electron chi connectivity index (χ2n) is 6.15. The number of hydrogen-bond acceptors (Lipinski definition) is 5. The van der Waals surface area contributed by atoms with Crippen LogP contribution < -0.4 is 5.32 Å². The highest BCUT2D eigenvalue weighted by Gasteiger charge is 2.36. The van der Waals surface area contributed by atoms with Gasteiger partial charge in [0.2, 0.25) is 5.91 Å². The molecule has 8 heteroatoms. The molecular weight excluding hydrogens is 308 g/mol. The fourth-order valence-corrected chi connectivity index (χ4v) is 2.36. The van der Waals surface area contributed by atoms with Gasteiger partial charge in [-0.1, -0.05) is 12.2 Å². The number of ether oxygens (including phenoxy) is 1. The average Bonchev–Trinajstić information content (AvgIpc) is 2.74. The van der Waals surface area contributed by atoms with Gasteiger partial charge in [0.25, 0.3) is 0 Å². The number of thiocarbonyl (C=S) groups is 1. The van der Waals surface area contributed by atoms with Crippen LogP contribution in [0.4, 0.5) is 4.79 Å². The molecule has 0 saturated carbocycles. The third kappa shape index (κ3) is 5.97. The van der Waals surface area contributed by atoms with Crippen molar-refractivity contribution in [1.29, 1.82) is 0 Å². The SMILES string of the molecule is CC(C)(C)OC(=O)NCCCC(=O)N1CC(=S)C[C@H]1C(=O)O. The molecule has 2 N–H and O–H groups in total. The molecule has 1 saturated heterocycles. The molecule has 1 atom stereocenters. The van der Waals surface area contributed by atoms with Crippen molar-refractivity contribution in [1.82, 2.24) is 10.2 Å². The molecule has 124 valence electrons. The number of carboxylic acid groups (broad SMARTS) is 1. The van der Waals surface area contributed by atoms with E-state index in [1.165, 1.54) is 4.90 Å². The molecule has 2 amide bonds. The summed E-state index contributed by atoms with van der Waals surface area (Å²) in [5, 5.41) is 11.6. The Morgan fingerprint density at radius 3 is 2.59 bits per heavy atom. The number of nitrogens with one attached hydrogen (secondary N) is 1. The number of carbonyl (C=O) groups excluding carboxylic acids is 2. The molecule has 1 aliphatic rings. The first-order valence-electron chi connectivity index (χ1n) is 7.11. The number of aliphatic carboxylic acids is 1. The van der Waals surface area contributed by atoms with E-state index in [0.29, 0.717) is 11.3 Å². The standard InChI is InChI=1S/C14H22N2O5S/c1-14(2,3)21-13(20)15-6-4-5-11(17)16-8-9(22)7-10(16)12(18)19/h10H,4-8H2,1-3H3,(H,15,20)(H,18,19)/t10-/m0/s1. The van der Waals surface area contributed by atoms with Gasteiger partial charge in [-0.3, -0.25) is 4.79 Å². The summed E-state index contributed by atoms with van der Waals surface area (Å²) in [6.07, 6.45) is 0.258. The Morgan fingerprint density at radius 2 is 2.05 bits per heavy atom. The van der Waals surface area contributed by atoms with Crippen LogP contribution in [0.5, 0.6) is 0 Å². The Labute approximate surface area is 135 Å². The van der Waals surface area contributed by atoms with Gasteiger partial charge < -0.3 is 20.1 Å². The normalized spacial score (nSPS) is 18.2. The molecule has 0 aliphatic carbocycles. The smallest absolute Gasteiger partial charge is 0.407 e.